The topological polar surface area (TPSA) is 42.3 Å². The van der Waals surface area contributed by atoms with Gasteiger partial charge in [0.2, 0.25) is 0 Å². The summed E-state index contributed by atoms with van der Waals surface area (Å²) in [4.78, 5) is 4.75. The summed E-state index contributed by atoms with van der Waals surface area (Å²) >= 11 is 0. The minimum atomic E-state index is -0.320. The van der Waals surface area contributed by atoms with Gasteiger partial charge in [-0.15, -0.1) is 0 Å². The maximum Gasteiger partial charge on any atom is 0.122 e. The minimum absolute atomic E-state index is 0.320. The molecule has 0 amide bonds. The van der Waals surface area contributed by atoms with Gasteiger partial charge in [-0.3, -0.25) is 0 Å². The first kappa shape index (κ1) is 13.8. The summed E-state index contributed by atoms with van der Waals surface area (Å²) in [5, 5.41) is 12.8. The van der Waals surface area contributed by atoms with Crippen molar-refractivity contribution in [2.75, 3.05) is 47.3 Å². The SMILES string of the molecule is CNC(C#N)(CN(C)CC1CCN(C)C1)C1CC1. The van der Waals surface area contributed by atoms with Gasteiger partial charge in [0, 0.05) is 19.6 Å². The average Bonchev–Trinajstić information content (AvgIpc) is 3.12. The highest BCUT2D eigenvalue weighted by atomic mass is 15.2. The highest BCUT2D eigenvalue weighted by Gasteiger charge is 2.45. The van der Waals surface area contributed by atoms with Crippen LogP contribution in [0.25, 0.3) is 0 Å². The fourth-order valence-corrected chi connectivity index (χ4v) is 3.28. The van der Waals surface area contributed by atoms with Crippen molar-refractivity contribution in [1.82, 2.24) is 15.1 Å². The third-order valence-corrected chi connectivity index (χ3v) is 4.50. The molecular formula is C14H26N4. The Morgan fingerprint density at radius 2 is 2.17 bits per heavy atom. The van der Waals surface area contributed by atoms with Gasteiger partial charge >= 0.3 is 0 Å². The van der Waals surface area contributed by atoms with Gasteiger partial charge in [0.1, 0.15) is 5.54 Å². The van der Waals surface area contributed by atoms with Crippen molar-refractivity contribution in [2.45, 2.75) is 24.8 Å². The molecule has 1 N–H and O–H groups in total. The number of hydrogen-bond donors (Lipinski definition) is 1. The van der Waals surface area contributed by atoms with Crippen molar-refractivity contribution in [3.63, 3.8) is 0 Å². The van der Waals surface area contributed by atoms with Crippen molar-refractivity contribution >= 4 is 0 Å². The number of nitrogens with zero attached hydrogens (tertiary/aromatic N) is 3. The summed E-state index contributed by atoms with van der Waals surface area (Å²) < 4.78 is 0. The van der Waals surface area contributed by atoms with E-state index in [9.17, 15) is 5.26 Å². The maximum absolute atomic E-state index is 9.49. The molecule has 2 aliphatic rings. The van der Waals surface area contributed by atoms with Crippen molar-refractivity contribution in [3.8, 4) is 6.07 Å². The lowest BCUT2D eigenvalue weighted by molar-refractivity contribution is 0.209. The summed E-state index contributed by atoms with van der Waals surface area (Å²) in [6, 6.07) is 2.53. The Balaban J connectivity index is 1.85. The zero-order valence-electron chi connectivity index (χ0n) is 11.9. The van der Waals surface area contributed by atoms with Crippen LogP contribution in [0.1, 0.15) is 19.3 Å². The smallest absolute Gasteiger partial charge is 0.122 e. The molecule has 1 aliphatic carbocycles. The van der Waals surface area contributed by atoms with Crippen LogP contribution in [0.3, 0.4) is 0 Å². The van der Waals surface area contributed by atoms with E-state index >= 15 is 0 Å². The van der Waals surface area contributed by atoms with E-state index in [0.717, 1.165) is 19.0 Å². The van der Waals surface area contributed by atoms with Gasteiger partial charge in [-0.05, 0) is 58.8 Å². The van der Waals surface area contributed by atoms with Gasteiger partial charge in [0.25, 0.3) is 0 Å². The summed E-state index contributed by atoms with van der Waals surface area (Å²) in [6.45, 7) is 4.39. The number of likely N-dealkylation sites (N-methyl/N-ethyl adjacent to an activating group) is 2. The molecule has 2 rings (SSSR count). The number of nitrogens with one attached hydrogen (secondary N) is 1. The van der Waals surface area contributed by atoms with E-state index in [0.29, 0.717) is 5.92 Å². The van der Waals surface area contributed by atoms with Crippen molar-refractivity contribution in [2.24, 2.45) is 11.8 Å². The third-order valence-electron chi connectivity index (χ3n) is 4.50. The van der Waals surface area contributed by atoms with Gasteiger partial charge < -0.3 is 15.1 Å². The van der Waals surface area contributed by atoms with E-state index in [1.807, 2.05) is 7.05 Å². The second-order valence-electron chi connectivity index (χ2n) is 6.22. The van der Waals surface area contributed by atoms with E-state index in [4.69, 9.17) is 0 Å². The third kappa shape index (κ3) is 3.03. The van der Waals surface area contributed by atoms with E-state index in [2.05, 4.69) is 35.3 Å². The quantitative estimate of drug-likeness (QED) is 0.756. The molecule has 2 fully saturated rings. The van der Waals surface area contributed by atoms with Crippen molar-refractivity contribution in [1.29, 1.82) is 5.26 Å². The van der Waals surface area contributed by atoms with Crippen LogP contribution < -0.4 is 5.32 Å². The molecule has 2 unspecified atom stereocenters. The van der Waals surface area contributed by atoms with Gasteiger partial charge in [0.05, 0.1) is 6.07 Å². The Morgan fingerprint density at radius 3 is 2.61 bits per heavy atom. The molecule has 1 aliphatic heterocycles. The first-order chi connectivity index (χ1) is 8.59. The Bertz CT molecular complexity index is 320. The molecule has 2 atom stereocenters. The predicted molar refractivity (Wildman–Crippen MR) is 73.2 cm³/mol. The molecule has 0 spiro atoms. The largest absolute Gasteiger partial charge is 0.306 e. The summed E-state index contributed by atoms with van der Waals surface area (Å²) in [6.07, 6.45) is 3.70. The van der Waals surface area contributed by atoms with Crippen LogP contribution >= 0.6 is 0 Å². The summed E-state index contributed by atoms with van der Waals surface area (Å²) in [7, 11) is 6.28. The molecule has 102 valence electrons. The standard InChI is InChI=1S/C14H26N4/c1-16-14(10-15,13-4-5-13)11-18(3)9-12-6-7-17(2)8-12/h12-13,16H,4-9,11H2,1-3H3. The Morgan fingerprint density at radius 1 is 1.44 bits per heavy atom. The number of hydrogen-bond acceptors (Lipinski definition) is 4. The molecule has 4 nitrogen and oxygen atoms in total. The van der Waals surface area contributed by atoms with E-state index in [1.165, 1.54) is 32.4 Å². The molecule has 18 heavy (non-hydrogen) atoms. The molecule has 0 aromatic heterocycles. The lowest BCUT2D eigenvalue weighted by atomic mass is 9.94. The van der Waals surface area contributed by atoms with Crippen LogP contribution in [0.5, 0.6) is 0 Å². The molecule has 0 aromatic rings. The van der Waals surface area contributed by atoms with Crippen LogP contribution in [0, 0.1) is 23.2 Å². The maximum atomic E-state index is 9.49. The Kier molecular flexibility index (Phi) is 4.26. The Hall–Kier alpha value is -0.630. The van der Waals surface area contributed by atoms with Gasteiger partial charge in [-0.1, -0.05) is 0 Å². The second kappa shape index (κ2) is 5.56. The zero-order valence-corrected chi connectivity index (χ0v) is 11.9. The summed E-state index contributed by atoms with van der Waals surface area (Å²) in [5.41, 5.74) is -0.320. The minimum Gasteiger partial charge on any atom is -0.306 e. The molecule has 0 aromatic carbocycles. The van der Waals surface area contributed by atoms with Gasteiger partial charge in [-0.2, -0.15) is 5.26 Å². The van der Waals surface area contributed by atoms with E-state index in [-0.39, 0.29) is 5.54 Å². The lowest BCUT2D eigenvalue weighted by Crippen LogP contribution is -2.52. The van der Waals surface area contributed by atoms with E-state index < -0.39 is 0 Å². The molecular weight excluding hydrogens is 224 g/mol. The molecule has 1 saturated carbocycles. The van der Waals surface area contributed by atoms with Crippen LogP contribution in [-0.2, 0) is 0 Å². The second-order valence-corrected chi connectivity index (χ2v) is 6.22. The zero-order chi connectivity index (χ0) is 13.2. The Labute approximate surface area is 111 Å². The molecule has 1 saturated heterocycles. The first-order valence-corrected chi connectivity index (χ1v) is 7.07. The summed E-state index contributed by atoms with van der Waals surface area (Å²) in [5.74, 6) is 1.33. The molecule has 0 bridgehead atoms. The fraction of sp³-hybridized carbons (Fsp3) is 0.929. The van der Waals surface area contributed by atoms with Crippen LogP contribution in [0.15, 0.2) is 0 Å². The average molecular weight is 250 g/mol. The first-order valence-electron chi connectivity index (χ1n) is 7.07. The van der Waals surface area contributed by atoms with Gasteiger partial charge in [0.15, 0.2) is 0 Å². The highest BCUT2D eigenvalue weighted by Crippen LogP contribution is 2.39. The molecule has 1 heterocycles. The number of rotatable bonds is 6. The van der Waals surface area contributed by atoms with E-state index in [1.54, 1.807) is 0 Å². The lowest BCUT2D eigenvalue weighted by Gasteiger charge is -2.32. The van der Waals surface area contributed by atoms with Gasteiger partial charge in [-0.25, -0.2) is 0 Å². The van der Waals surface area contributed by atoms with Crippen LogP contribution in [-0.4, -0.2) is 62.7 Å². The highest BCUT2D eigenvalue weighted by molar-refractivity contribution is 5.16. The molecule has 4 heteroatoms. The normalized spacial score (nSPS) is 28.3. The molecule has 0 radical (unpaired) electrons. The van der Waals surface area contributed by atoms with Crippen molar-refractivity contribution < 1.29 is 0 Å². The fourth-order valence-electron chi connectivity index (χ4n) is 3.28. The van der Waals surface area contributed by atoms with Crippen LogP contribution in [0.4, 0.5) is 0 Å². The number of nitriles is 1. The monoisotopic (exact) mass is 250 g/mol. The van der Waals surface area contributed by atoms with Crippen LogP contribution in [0.2, 0.25) is 0 Å². The number of likely N-dealkylation sites (tertiary alicyclic amines) is 1. The predicted octanol–water partition coefficient (Wildman–Crippen LogP) is 0.762. The van der Waals surface area contributed by atoms with Crippen molar-refractivity contribution in [3.05, 3.63) is 0 Å².